The first-order valence-electron chi connectivity index (χ1n) is 35.4. The predicted octanol–water partition coefficient (Wildman–Crippen LogP) is 22.9. The Morgan fingerprint density at radius 1 is 0.299 bits per heavy atom. The first-order chi connectivity index (χ1) is 43.7. The number of phenols is 3. The molecule has 0 fully saturated rings. The summed E-state index contributed by atoms with van der Waals surface area (Å²) in [6, 6.07) is 24.6. The summed E-state index contributed by atoms with van der Waals surface area (Å²) in [5.74, 6) is -1.21. The highest BCUT2D eigenvalue weighted by molar-refractivity contribution is 5.83. The van der Waals surface area contributed by atoms with Gasteiger partial charge in [-0.3, -0.25) is 14.4 Å². The Morgan fingerprint density at radius 2 is 0.485 bits per heavy atom. The second-order valence-corrected chi connectivity index (χ2v) is 37.9. The molecule has 0 spiro atoms. The van der Waals surface area contributed by atoms with Gasteiger partial charge in [-0.2, -0.15) is 0 Å². The summed E-state index contributed by atoms with van der Waals surface area (Å²) in [5.41, 5.74) is 12.0. The third kappa shape index (κ3) is 17.8. The Balaban J connectivity index is 1.55. The van der Waals surface area contributed by atoms with Crippen molar-refractivity contribution >= 4 is 17.9 Å². The lowest BCUT2D eigenvalue weighted by atomic mass is 9.73. The van der Waals surface area contributed by atoms with E-state index in [0.29, 0.717) is 23.7 Å². The highest BCUT2D eigenvalue weighted by atomic mass is 16.5. The fraction of sp³-hybridized carbons (Fsp3) is 0.557. The number of carbonyl (C=O) groups is 3. The van der Waals surface area contributed by atoms with Crippen LogP contribution in [0.25, 0.3) is 0 Å². The van der Waals surface area contributed by atoms with Gasteiger partial charge in [0, 0.05) is 22.6 Å². The van der Waals surface area contributed by atoms with Crippen LogP contribution in [0.4, 0.5) is 0 Å². The van der Waals surface area contributed by atoms with Crippen molar-refractivity contribution in [3.05, 3.63) is 173 Å². The molecular formula is C88H124O9. The maximum absolute atomic E-state index is 14.8. The van der Waals surface area contributed by atoms with Crippen molar-refractivity contribution in [3.63, 3.8) is 0 Å². The Kier molecular flexibility index (Phi) is 22.3. The molecule has 0 aliphatic rings. The highest BCUT2D eigenvalue weighted by Crippen LogP contribution is 2.50. The summed E-state index contributed by atoms with van der Waals surface area (Å²) in [4.78, 5) is 44.3. The standard InChI is InChI=1S/C88H124O9/c1-48(58-45-62(80(8,9)10)71(36-49(58)2)95-77(92)52(5)55-39-65(83(17,18)19)74(89)66(40-55)84(20,21)22)35-61(59-46-63(81(11,12)13)72(37-50(59)3)96-78(93)53(6)56-41-67(85(23,24)25)75(90)68(42-56)86(26,27)28)60-47-64(82(14,15)16)73(38-51(60)4)97-79(94)54(7)57-43-69(87(29,30)31)76(91)70(44-57)88(32,33)34/h36-48,52-54,61,89-91H,35H2,1-34H3. The number of aromatic hydroxyl groups is 3. The SMILES string of the molecule is Cc1cc(OC(=O)C(C)c2cc(C(C)(C)C)c(O)c(C(C)(C)C)c2)c(C(C)(C)C)cc1C(C)CC(c1cc(C(C)(C)C)c(OC(=O)C(C)c2cc(C(C)(C)C)c(O)c(C(C)(C)C)c2)cc1C)c1cc(C(C)(C)C)c(OC(=O)C(C)c2cc(C(C)(C)C)c(O)c(C(C)(C)C)c2)cc1C. The van der Waals surface area contributed by atoms with E-state index in [1.807, 2.05) is 75.4 Å². The molecule has 0 aliphatic carbocycles. The van der Waals surface area contributed by atoms with Crippen LogP contribution in [0.15, 0.2) is 72.8 Å². The number of rotatable bonds is 14. The third-order valence-corrected chi connectivity index (χ3v) is 19.8. The monoisotopic (exact) mass is 1320 g/mol. The van der Waals surface area contributed by atoms with E-state index in [1.54, 1.807) is 0 Å². The van der Waals surface area contributed by atoms with Crippen LogP contribution in [0, 0.1) is 20.8 Å². The van der Waals surface area contributed by atoms with Crippen molar-refractivity contribution in [2.75, 3.05) is 0 Å². The van der Waals surface area contributed by atoms with Crippen molar-refractivity contribution in [2.45, 2.75) is 320 Å². The third-order valence-electron chi connectivity index (χ3n) is 19.8. The fourth-order valence-electron chi connectivity index (χ4n) is 13.4. The zero-order valence-corrected chi connectivity index (χ0v) is 66.3. The summed E-state index contributed by atoms with van der Waals surface area (Å²) in [5, 5.41) is 34.9. The summed E-state index contributed by atoms with van der Waals surface area (Å²) in [6.45, 7) is 70.8. The Hall–Kier alpha value is -6.87. The van der Waals surface area contributed by atoms with Gasteiger partial charge in [0.05, 0.1) is 17.8 Å². The van der Waals surface area contributed by atoms with Gasteiger partial charge in [0.25, 0.3) is 0 Å². The number of benzene rings is 6. The zero-order valence-electron chi connectivity index (χ0n) is 66.3. The maximum atomic E-state index is 14.8. The largest absolute Gasteiger partial charge is 0.507 e. The van der Waals surface area contributed by atoms with E-state index < -0.39 is 67.6 Å². The van der Waals surface area contributed by atoms with Gasteiger partial charge in [-0.25, -0.2) is 0 Å². The number of hydrogen-bond donors (Lipinski definition) is 3. The molecule has 0 aliphatic heterocycles. The normalized spacial score (nSPS) is 14.8. The topological polar surface area (TPSA) is 140 Å². The average molecular weight is 1330 g/mol. The molecule has 0 amide bonds. The molecule has 6 aromatic carbocycles. The number of carbonyl (C=O) groups excluding carboxylic acids is 3. The molecule has 0 saturated carbocycles. The molecular weight excluding hydrogens is 1200 g/mol. The minimum absolute atomic E-state index is 0.0762. The number of phenolic OH excluding ortho intramolecular Hbond substituents is 3. The molecule has 4 unspecified atom stereocenters. The van der Waals surface area contributed by atoms with Crippen LogP contribution in [0.5, 0.6) is 34.5 Å². The molecule has 4 atom stereocenters. The molecule has 0 bridgehead atoms. The number of esters is 3. The lowest BCUT2D eigenvalue weighted by molar-refractivity contribution is -0.136. The van der Waals surface area contributed by atoms with Crippen LogP contribution in [0.1, 0.15) is 351 Å². The Bertz CT molecular complexity index is 3680. The van der Waals surface area contributed by atoms with Gasteiger partial charge in [0.2, 0.25) is 0 Å². The lowest BCUT2D eigenvalue weighted by Gasteiger charge is -2.32. The molecule has 6 aromatic rings. The molecule has 9 heteroatoms. The molecule has 6 rings (SSSR count). The molecule has 0 heterocycles. The molecule has 530 valence electrons. The van der Waals surface area contributed by atoms with Gasteiger partial charge >= 0.3 is 17.9 Å². The summed E-state index contributed by atoms with van der Waals surface area (Å²) in [7, 11) is 0. The fourth-order valence-corrected chi connectivity index (χ4v) is 13.4. The second-order valence-electron chi connectivity index (χ2n) is 37.9. The Labute approximate surface area is 586 Å². The minimum Gasteiger partial charge on any atom is -0.507 e. The van der Waals surface area contributed by atoms with Crippen LogP contribution < -0.4 is 14.2 Å². The Morgan fingerprint density at radius 3 is 0.680 bits per heavy atom. The van der Waals surface area contributed by atoms with Crippen molar-refractivity contribution < 1.29 is 43.9 Å². The first kappa shape index (κ1) is 79.1. The number of hydrogen-bond acceptors (Lipinski definition) is 9. The maximum Gasteiger partial charge on any atom is 0.318 e. The van der Waals surface area contributed by atoms with Gasteiger partial charge in [-0.15, -0.1) is 0 Å². The smallest absolute Gasteiger partial charge is 0.318 e. The van der Waals surface area contributed by atoms with E-state index in [4.69, 9.17) is 14.2 Å². The van der Waals surface area contributed by atoms with Crippen molar-refractivity contribution in [3.8, 4) is 34.5 Å². The molecule has 0 aromatic heterocycles. The minimum atomic E-state index is -0.664. The van der Waals surface area contributed by atoms with Gasteiger partial charge in [-0.05, 0) is 204 Å². The van der Waals surface area contributed by atoms with E-state index in [1.165, 1.54) is 0 Å². The average Bonchev–Trinajstić information content (AvgIpc) is 0.773. The second kappa shape index (κ2) is 27.3. The highest BCUT2D eigenvalue weighted by Gasteiger charge is 2.37. The quantitative estimate of drug-likeness (QED) is 0.0718. The van der Waals surface area contributed by atoms with E-state index in [-0.39, 0.29) is 45.9 Å². The number of ether oxygens (including phenoxy) is 3. The summed E-state index contributed by atoms with van der Waals surface area (Å²) in [6.07, 6.45) is 0.634. The van der Waals surface area contributed by atoms with Gasteiger partial charge < -0.3 is 29.5 Å². The van der Waals surface area contributed by atoms with Gasteiger partial charge in [-0.1, -0.05) is 248 Å². The van der Waals surface area contributed by atoms with E-state index >= 15 is 0 Å². The number of aryl methyl sites for hydroxylation is 3. The van der Waals surface area contributed by atoms with Gasteiger partial charge in [0.15, 0.2) is 0 Å². The van der Waals surface area contributed by atoms with E-state index in [0.717, 1.165) is 100 Å². The summed E-state index contributed by atoms with van der Waals surface area (Å²) >= 11 is 0. The zero-order chi connectivity index (χ0) is 74.3. The van der Waals surface area contributed by atoms with Crippen LogP contribution in [0.3, 0.4) is 0 Å². The van der Waals surface area contributed by atoms with Crippen LogP contribution in [0.2, 0.25) is 0 Å². The molecule has 9 nitrogen and oxygen atoms in total. The van der Waals surface area contributed by atoms with Crippen LogP contribution in [-0.2, 0) is 63.1 Å². The van der Waals surface area contributed by atoms with Crippen molar-refractivity contribution in [1.82, 2.24) is 0 Å². The van der Waals surface area contributed by atoms with Crippen molar-refractivity contribution in [1.29, 1.82) is 0 Å². The van der Waals surface area contributed by atoms with Crippen LogP contribution in [-0.4, -0.2) is 33.2 Å². The van der Waals surface area contributed by atoms with E-state index in [2.05, 4.69) is 233 Å². The van der Waals surface area contributed by atoms with E-state index in [9.17, 15) is 29.7 Å². The molecule has 0 saturated heterocycles. The summed E-state index contributed by atoms with van der Waals surface area (Å²) < 4.78 is 19.9. The predicted molar refractivity (Wildman–Crippen MR) is 403 cm³/mol. The molecule has 0 radical (unpaired) electrons. The lowest BCUT2D eigenvalue weighted by Crippen LogP contribution is -2.23. The van der Waals surface area contributed by atoms with Crippen LogP contribution >= 0.6 is 0 Å². The molecule has 3 N–H and O–H groups in total. The van der Waals surface area contributed by atoms with Crippen molar-refractivity contribution in [2.24, 2.45) is 0 Å². The van der Waals surface area contributed by atoms with Gasteiger partial charge in [0.1, 0.15) is 34.5 Å². The first-order valence-corrected chi connectivity index (χ1v) is 35.4. The molecule has 97 heavy (non-hydrogen) atoms.